The van der Waals surface area contributed by atoms with Crippen LogP contribution < -0.4 is 0 Å². The van der Waals surface area contributed by atoms with Gasteiger partial charge in [-0.3, -0.25) is 4.99 Å². The van der Waals surface area contributed by atoms with Crippen molar-refractivity contribution in [1.82, 2.24) is 0 Å². The average molecular weight is 351 g/mol. The second-order valence-electron chi connectivity index (χ2n) is 6.80. The Morgan fingerprint density at radius 2 is 2.12 bits per heavy atom. The number of benzene rings is 2. The number of aliphatic imine (C=N–C) groups is 1. The third kappa shape index (κ3) is 2.49. The first kappa shape index (κ1) is 16.3. The Kier molecular flexibility index (Phi) is 4.11. The molecule has 0 bridgehead atoms. The molecule has 25 heavy (non-hydrogen) atoms. The molecule has 3 unspecified atom stereocenters. The van der Waals surface area contributed by atoms with Crippen molar-refractivity contribution in [1.29, 1.82) is 5.26 Å². The lowest BCUT2D eigenvalue weighted by molar-refractivity contribution is 0.0230. The van der Waals surface area contributed by atoms with E-state index in [-0.39, 0.29) is 17.4 Å². The number of halogens is 1. The van der Waals surface area contributed by atoms with Crippen LogP contribution in [0.15, 0.2) is 47.5 Å². The molecule has 4 heteroatoms. The van der Waals surface area contributed by atoms with Gasteiger partial charge in [0.05, 0.1) is 28.8 Å². The number of hydrogen-bond donors (Lipinski definition) is 0. The second kappa shape index (κ2) is 6.29. The number of nitriles is 1. The Morgan fingerprint density at radius 1 is 1.24 bits per heavy atom. The monoisotopic (exact) mass is 350 g/mol. The van der Waals surface area contributed by atoms with E-state index in [1.807, 2.05) is 30.3 Å². The number of methoxy groups -OCH3 is 1. The predicted octanol–water partition coefficient (Wildman–Crippen LogP) is 5.15. The molecule has 1 aliphatic heterocycles. The van der Waals surface area contributed by atoms with Crippen LogP contribution in [-0.2, 0) is 10.2 Å². The summed E-state index contributed by atoms with van der Waals surface area (Å²) in [7, 11) is 1.78. The van der Waals surface area contributed by atoms with Gasteiger partial charge in [-0.1, -0.05) is 36.2 Å². The van der Waals surface area contributed by atoms with Gasteiger partial charge in [0, 0.05) is 24.3 Å². The topological polar surface area (TPSA) is 45.4 Å². The van der Waals surface area contributed by atoms with Crippen LogP contribution >= 0.6 is 11.6 Å². The zero-order valence-electron chi connectivity index (χ0n) is 14.1. The van der Waals surface area contributed by atoms with Gasteiger partial charge in [0.1, 0.15) is 0 Å². The summed E-state index contributed by atoms with van der Waals surface area (Å²) in [5, 5.41) is 9.98. The minimum absolute atomic E-state index is 0.0585. The highest BCUT2D eigenvalue weighted by molar-refractivity contribution is 6.31. The lowest BCUT2D eigenvalue weighted by atomic mass is 9.60. The van der Waals surface area contributed by atoms with Crippen LogP contribution in [0.2, 0.25) is 5.02 Å². The lowest BCUT2D eigenvalue weighted by Gasteiger charge is -2.46. The molecule has 2 aromatic carbocycles. The normalized spacial score (nSPS) is 27.2. The first-order chi connectivity index (χ1) is 12.2. The van der Waals surface area contributed by atoms with E-state index >= 15 is 0 Å². The molecule has 1 heterocycles. The SMILES string of the molecule is COC1CCCC(c2cccc(C#N)c2)C12C=Nc1cc(Cl)ccc12. The maximum atomic E-state index is 9.29. The first-order valence-corrected chi connectivity index (χ1v) is 8.95. The van der Waals surface area contributed by atoms with Crippen molar-refractivity contribution >= 4 is 23.5 Å². The molecule has 1 aliphatic carbocycles. The van der Waals surface area contributed by atoms with E-state index in [1.54, 1.807) is 7.11 Å². The number of ether oxygens (including phenoxy) is 1. The number of hydrogen-bond acceptors (Lipinski definition) is 3. The van der Waals surface area contributed by atoms with Crippen molar-refractivity contribution in [3.63, 3.8) is 0 Å². The van der Waals surface area contributed by atoms with Gasteiger partial charge >= 0.3 is 0 Å². The fraction of sp³-hybridized carbons (Fsp3) is 0.333. The predicted molar refractivity (Wildman–Crippen MR) is 99.8 cm³/mol. The number of nitrogens with zero attached hydrogens (tertiary/aromatic N) is 2. The molecule has 126 valence electrons. The number of rotatable bonds is 2. The van der Waals surface area contributed by atoms with Crippen LogP contribution in [0.25, 0.3) is 0 Å². The largest absolute Gasteiger partial charge is 0.380 e. The molecule has 0 N–H and O–H groups in total. The van der Waals surface area contributed by atoms with E-state index in [4.69, 9.17) is 21.3 Å². The van der Waals surface area contributed by atoms with Crippen molar-refractivity contribution in [2.75, 3.05) is 7.11 Å². The smallest absolute Gasteiger partial charge is 0.0991 e. The molecule has 4 rings (SSSR count). The summed E-state index contributed by atoms with van der Waals surface area (Å²) in [6, 6.07) is 16.1. The van der Waals surface area contributed by atoms with E-state index in [9.17, 15) is 5.26 Å². The van der Waals surface area contributed by atoms with Crippen LogP contribution in [0.5, 0.6) is 0 Å². The lowest BCUT2D eigenvalue weighted by Crippen LogP contribution is -2.48. The van der Waals surface area contributed by atoms with E-state index in [0.29, 0.717) is 10.6 Å². The van der Waals surface area contributed by atoms with Crippen molar-refractivity contribution in [3.8, 4) is 6.07 Å². The van der Waals surface area contributed by atoms with Gasteiger partial charge < -0.3 is 4.74 Å². The molecule has 0 amide bonds. The summed E-state index contributed by atoms with van der Waals surface area (Å²) in [5.41, 5.74) is 3.67. The van der Waals surface area contributed by atoms with Crippen molar-refractivity contribution in [2.45, 2.75) is 36.7 Å². The van der Waals surface area contributed by atoms with Crippen LogP contribution in [0.1, 0.15) is 41.9 Å². The van der Waals surface area contributed by atoms with Crippen molar-refractivity contribution in [3.05, 3.63) is 64.2 Å². The van der Waals surface area contributed by atoms with E-state index in [0.717, 1.165) is 24.9 Å². The maximum absolute atomic E-state index is 9.29. The summed E-state index contributed by atoms with van der Waals surface area (Å²) >= 11 is 6.17. The highest BCUT2D eigenvalue weighted by Crippen LogP contribution is 2.54. The fourth-order valence-corrected chi connectivity index (χ4v) is 4.71. The minimum Gasteiger partial charge on any atom is -0.380 e. The Morgan fingerprint density at radius 3 is 2.92 bits per heavy atom. The van der Waals surface area contributed by atoms with Gasteiger partial charge in [0.2, 0.25) is 0 Å². The van der Waals surface area contributed by atoms with Gasteiger partial charge in [-0.25, -0.2) is 0 Å². The fourth-order valence-electron chi connectivity index (χ4n) is 4.55. The maximum Gasteiger partial charge on any atom is 0.0991 e. The summed E-state index contributed by atoms with van der Waals surface area (Å²) in [4.78, 5) is 4.70. The Bertz CT molecular complexity index is 886. The molecule has 1 spiro atoms. The molecular formula is C21H19ClN2O. The Balaban J connectivity index is 1.90. The molecule has 1 saturated carbocycles. The van der Waals surface area contributed by atoms with Gasteiger partial charge in [0.25, 0.3) is 0 Å². The van der Waals surface area contributed by atoms with Crippen molar-refractivity contribution in [2.24, 2.45) is 4.99 Å². The highest BCUT2D eigenvalue weighted by Gasteiger charge is 2.52. The molecular weight excluding hydrogens is 332 g/mol. The molecule has 3 nitrogen and oxygen atoms in total. The second-order valence-corrected chi connectivity index (χ2v) is 7.23. The zero-order chi connectivity index (χ0) is 17.4. The molecule has 3 atom stereocenters. The van der Waals surface area contributed by atoms with Crippen molar-refractivity contribution < 1.29 is 4.74 Å². The van der Waals surface area contributed by atoms with Gasteiger partial charge in [-0.05, 0) is 48.2 Å². The Hall–Kier alpha value is -2.15. The average Bonchev–Trinajstić information content (AvgIpc) is 3.01. The number of fused-ring (bicyclic) bond motifs is 2. The third-order valence-corrected chi connectivity index (χ3v) is 5.85. The highest BCUT2D eigenvalue weighted by atomic mass is 35.5. The van der Waals surface area contributed by atoms with Gasteiger partial charge in [-0.2, -0.15) is 5.26 Å². The standard InChI is InChI=1S/C21H19ClN2O/c1-25-20-7-3-6-17(15-5-2-4-14(10-15)12-23)21(20)13-24-19-11-16(22)8-9-18(19)21/h2,4-5,8-11,13,17,20H,3,6-7H2,1H3. The van der Waals surface area contributed by atoms with E-state index in [2.05, 4.69) is 24.4 Å². The molecule has 1 fully saturated rings. The quantitative estimate of drug-likeness (QED) is 0.752. The molecule has 0 saturated heterocycles. The molecule has 2 aliphatic rings. The minimum atomic E-state index is -0.305. The summed E-state index contributed by atoms with van der Waals surface area (Å²) < 4.78 is 5.94. The summed E-state index contributed by atoms with van der Waals surface area (Å²) in [6.07, 6.45) is 5.26. The Labute approximate surface area is 152 Å². The molecule has 2 aromatic rings. The van der Waals surface area contributed by atoms with Gasteiger partial charge in [-0.15, -0.1) is 0 Å². The van der Waals surface area contributed by atoms with Gasteiger partial charge in [0.15, 0.2) is 0 Å². The molecule has 0 radical (unpaired) electrons. The van der Waals surface area contributed by atoms with E-state index in [1.165, 1.54) is 11.1 Å². The van der Waals surface area contributed by atoms with Crippen LogP contribution in [-0.4, -0.2) is 19.4 Å². The zero-order valence-corrected chi connectivity index (χ0v) is 14.8. The third-order valence-electron chi connectivity index (χ3n) is 5.61. The van der Waals surface area contributed by atoms with E-state index < -0.39 is 0 Å². The molecule has 0 aromatic heterocycles. The van der Waals surface area contributed by atoms with Crippen LogP contribution in [0.3, 0.4) is 0 Å². The summed E-state index contributed by atoms with van der Waals surface area (Å²) in [6.45, 7) is 0. The van der Waals surface area contributed by atoms with Crippen LogP contribution in [0.4, 0.5) is 5.69 Å². The summed E-state index contributed by atoms with van der Waals surface area (Å²) in [5.74, 6) is 0.227. The first-order valence-electron chi connectivity index (χ1n) is 8.57. The van der Waals surface area contributed by atoms with Crippen LogP contribution in [0, 0.1) is 11.3 Å².